The van der Waals surface area contributed by atoms with Crippen molar-refractivity contribution in [2.45, 2.75) is 24.3 Å². The minimum Gasteiger partial charge on any atom is -0.312 e. The van der Waals surface area contributed by atoms with Crippen LogP contribution in [0.5, 0.6) is 0 Å². The summed E-state index contributed by atoms with van der Waals surface area (Å²) in [6.07, 6.45) is 1.86. The molecule has 2 aromatic rings. The number of hydrogen-bond acceptors (Lipinski definition) is 5. The fraction of sp³-hybridized carbons (Fsp3) is 0.158. The van der Waals surface area contributed by atoms with E-state index in [4.69, 9.17) is 16.4 Å². The number of nitrogens with one attached hydrogen (secondary N) is 1. The third-order valence-electron chi connectivity index (χ3n) is 4.05. The summed E-state index contributed by atoms with van der Waals surface area (Å²) >= 11 is 5.84. The Kier molecular flexibility index (Phi) is 5.74. The summed E-state index contributed by atoms with van der Waals surface area (Å²) in [5.41, 5.74) is 1.39. The highest BCUT2D eigenvalue weighted by Gasteiger charge is 2.34. The summed E-state index contributed by atoms with van der Waals surface area (Å²) in [5.74, 6) is -0.601. The Morgan fingerprint density at radius 3 is 2.44 bits per heavy atom. The quantitative estimate of drug-likeness (QED) is 0.592. The molecule has 2 aromatic carbocycles. The zero-order valence-electron chi connectivity index (χ0n) is 14.4. The van der Waals surface area contributed by atoms with Gasteiger partial charge in [0.2, 0.25) is 10.0 Å². The van der Waals surface area contributed by atoms with Crippen LogP contribution in [-0.2, 0) is 26.1 Å². The Balaban J connectivity index is 1.94. The van der Waals surface area contributed by atoms with Crippen LogP contribution in [0.3, 0.4) is 0 Å². The standard InChI is InChI=1S/C19H17ClN2O4S/c1-2-16-18(21-26-19(16)23)17(12-13-6-4-3-5-7-13)22-27(24,25)15-10-8-14(20)9-11-15/h2-11,17,22H,12H2,1H3/b16-2-. The summed E-state index contributed by atoms with van der Waals surface area (Å²) in [4.78, 5) is 16.7. The first-order valence-corrected chi connectivity index (χ1v) is 10.0. The van der Waals surface area contributed by atoms with Crippen LogP contribution < -0.4 is 4.72 Å². The molecule has 0 amide bonds. The van der Waals surface area contributed by atoms with E-state index in [0.717, 1.165) is 5.56 Å². The third-order valence-corrected chi connectivity index (χ3v) is 5.79. The van der Waals surface area contributed by atoms with E-state index in [1.54, 1.807) is 13.0 Å². The molecule has 1 aliphatic heterocycles. The molecule has 6 nitrogen and oxygen atoms in total. The molecule has 0 saturated heterocycles. The van der Waals surface area contributed by atoms with Gasteiger partial charge in [-0.15, -0.1) is 0 Å². The maximum Gasteiger partial charge on any atom is 0.367 e. The van der Waals surface area contributed by atoms with Crippen molar-refractivity contribution in [3.05, 3.63) is 76.8 Å². The lowest BCUT2D eigenvalue weighted by Crippen LogP contribution is -2.42. The number of oxime groups is 1. The highest BCUT2D eigenvalue weighted by Crippen LogP contribution is 2.20. The number of carbonyl (C=O) groups is 1. The molecular formula is C19H17ClN2O4S. The molecule has 140 valence electrons. The van der Waals surface area contributed by atoms with Gasteiger partial charge in [0.25, 0.3) is 0 Å². The maximum absolute atomic E-state index is 12.8. The Hall–Kier alpha value is -2.48. The number of hydrogen-bond donors (Lipinski definition) is 1. The number of sulfonamides is 1. The van der Waals surface area contributed by atoms with Crippen molar-refractivity contribution >= 4 is 33.3 Å². The molecule has 27 heavy (non-hydrogen) atoms. The first kappa shape index (κ1) is 19.3. The van der Waals surface area contributed by atoms with Crippen LogP contribution in [0, 0.1) is 0 Å². The first-order valence-electron chi connectivity index (χ1n) is 8.18. The lowest BCUT2D eigenvalue weighted by molar-refractivity contribution is -0.136. The number of halogens is 1. The normalized spacial score (nSPS) is 16.9. The van der Waals surface area contributed by atoms with Crippen LogP contribution in [0.15, 0.2) is 76.3 Å². The van der Waals surface area contributed by atoms with Crippen LogP contribution in [-0.4, -0.2) is 26.1 Å². The molecule has 1 atom stereocenters. The predicted octanol–water partition coefficient (Wildman–Crippen LogP) is 3.09. The molecule has 0 saturated carbocycles. The number of benzene rings is 2. The molecule has 0 bridgehead atoms. The molecule has 3 rings (SSSR count). The fourth-order valence-electron chi connectivity index (χ4n) is 2.72. The fourth-order valence-corrected chi connectivity index (χ4v) is 4.05. The third kappa shape index (κ3) is 4.44. The van der Waals surface area contributed by atoms with Crippen molar-refractivity contribution in [3.63, 3.8) is 0 Å². The van der Waals surface area contributed by atoms with Crippen molar-refractivity contribution in [1.82, 2.24) is 4.72 Å². The van der Waals surface area contributed by atoms with Gasteiger partial charge < -0.3 is 4.84 Å². The Morgan fingerprint density at radius 1 is 1.15 bits per heavy atom. The number of allylic oxidation sites excluding steroid dienone is 1. The highest BCUT2D eigenvalue weighted by molar-refractivity contribution is 7.89. The van der Waals surface area contributed by atoms with Crippen LogP contribution in [0.4, 0.5) is 0 Å². The van der Waals surface area contributed by atoms with Gasteiger partial charge in [0.15, 0.2) is 0 Å². The second-order valence-electron chi connectivity index (χ2n) is 5.88. The Bertz CT molecular complexity index is 1000. The van der Waals surface area contributed by atoms with Gasteiger partial charge in [-0.3, -0.25) is 0 Å². The van der Waals surface area contributed by atoms with Gasteiger partial charge in [0.05, 0.1) is 16.5 Å². The summed E-state index contributed by atoms with van der Waals surface area (Å²) in [7, 11) is -3.87. The largest absolute Gasteiger partial charge is 0.367 e. The summed E-state index contributed by atoms with van der Waals surface area (Å²) in [6.45, 7) is 1.67. The monoisotopic (exact) mass is 404 g/mol. The van der Waals surface area contributed by atoms with E-state index in [-0.39, 0.29) is 16.2 Å². The molecule has 8 heteroatoms. The lowest BCUT2D eigenvalue weighted by atomic mass is 9.98. The zero-order valence-corrected chi connectivity index (χ0v) is 16.0. The molecule has 1 unspecified atom stereocenters. The average molecular weight is 405 g/mol. The van der Waals surface area contributed by atoms with Gasteiger partial charge in [0.1, 0.15) is 5.71 Å². The van der Waals surface area contributed by atoms with Crippen molar-refractivity contribution in [2.75, 3.05) is 0 Å². The van der Waals surface area contributed by atoms with E-state index in [1.165, 1.54) is 24.3 Å². The van der Waals surface area contributed by atoms with Gasteiger partial charge in [0, 0.05) is 5.02 Å². The second kappa shape index (κ2) is 8.04. The Labute approximate surface area is 162 Å². The molecule has 0 aliphatic carbocycles. The molecule has 0 spiro atoms. The highest BCUT2D eigenvalue weighted by atomic mass is 35.5. The van der Waals surface area contributed by atoms with Crippen molar-refractivity contribution in [3.8, 4) is 0 Å². The smallest absolute Gasteiger partial charge is 0.312 e. The SMILES string of the molecule is C/C=C1\C(=O)ON=C1C(Cc1ccccc1)NS(=O)(=O)c1ccc(Cl)cc1. The van der Waals surface area contributed by atoms with Crippen molar-refractivity contribution in [2.24, 2.45) is 5.16 Å². The second-order valence-corrected chi connectivity index (χ2v) is 8.03. The van der Waals surface area contributed by atoms with E-state index in [2.05, 4.69) is 9.88 Å². The minimum atomic E-state index is -3.87. The Morgan fingerprint density at radius 2 is 1.81 bits per heavy atom. The molecule has 1 N–H and O–H groups in total. The van der Waals surface area contributed by atoms with Gasteiger partial charge in [-0.05, 0) is 43.2 Å². The number of carbonyl (C=O) groups excluding carboxylic acids is 1. The average Bonchev–Trinajstić information content (AvgIpc) is 3.03. The van der Waals surface area contributed by atoms with E-state index in [9.17, 15) is 13.2 Å². The molecule has 0 radical (unpaired) electrons. The van der Waals surface area contributed by atoms with Gasteiger partial charge in [-0.1, -0.05) is 53.2 Å². The van der Waals surface area contributed by atoms with E-state index < -0.39 is 22.0 Å². The van der Waals surface area contributed by atoms with Crippen LogP contribution in [0.1, 0.15) is 12.5 Å². The molecular weight excluding hydrogens is 388 g/mol. The summed E-state index contributed by atoms with van der Waals surface area (Å²) < 4.78 is 28.3. The molecule has 0 aromatic heterocycles. The zero-order chi connectivity index (χ0) is 19.4. The van der Waals surface area contributed by atoms with Gasteiger partial charge >= 0.3 is 5.97 Å². The lowest BCUT2D eigenvalue weighted by Gasteiger charge is -2.18. The topological polar surface area (TPSA) is 84.8 Å². The number of rotatable bonds is 6. The first-order chi connectivity index (χ1) is 12.9. The van der Waals surface area contributed by atoms with Crippen molar-refractivity contribution < 1.29 is 18.0 Å². The van der Waals surface area contributed by atoms with Crippen LogP contribution in [0.25, 0.3) is 0 Å². The van der Waals surface area contributed by atoms with E-state index in [0.29, 0.717) is 11.4 Å². The number of nitrogens with zero attached hydrogens (tertiary/aromatic N) is 1. The van der Waals surface area contributed by atoms with E-state index >= 15 is 0 Å². The van der Waals surface area contributed by atoms with E-state index in [1.807, 2.05) is 30.3 Å². The van der Waals surface area contributed by atoms with Crippen LogP contribution >= 0.6 is 11.6 Å². The van der Waals surface area contributed by atoms with Gasteiger partial charge in [-0.2, -0.15) is 0 Å². The van der Waals surface area contributed by atoms with Crippen LogP contribution in [0.2, 0.25) is 5.02 Å². The molecule has 1 heterocycles. The molecule has 0 fully saturated rings. The summed E-state index contributed by atoms with van der Waals surface area (Å²) in [6, 6.07) is 14.4. The van der Waals surface area contributed by atoms with Gasteiger partial charge in [-0.25, -0.2) is 17.9 Å². The molecule has 1 aliphatic rings. The minimum absolute atomic E-state index is 0.0674. The van der Waals surface area contributed by atoms with Crippen molar-refractivity contribution in [1.29, 1.82) is 0 Å². The maximum atomic E-state index is 12.8. The summed E-state index contributed by atoms with van der Waals surface area (Å²) in [5, 5.41) is 4.24. The predicted molar refractivity (Wildman–Crippen MR) is 103 cm³/mol.